The van der Waals surface area contributed by atoms with Crippen LogP contribution in [-0.2, 0) is 0 Å². The van der Waals surface area contributed by atoms with Gasteiger partial charge in [-0.25, -0.2) is 9.97 Å². The van der Waals surface area contributed by atoms with E-state index >= 15 is 0 Å². The highest BCUT2D eigenvalue weighted by Gasteiger charge is 2.24. The Hall–Kier alpha value is -5.16. The summed E-state index contributed by atoms with van der Waals surface area (Å²) in [6.45, 7) is 0. The first-order chi connectivity index (χ1) is 21.8. The SMILES string of the molecule is c1ccc(-c2c(-c3ccccc3)c(-c3cccc(-c4cscn4)c3)c3ccccc3c2-c2cccc(-c3cscn3)c2)cc1. The smallest absolute Gasteiger partial charge is 0.0811 e. The van der Waals surface area contributed by atoms with Crippen molar-refractivity contribution in [2.45, 2.75) is 0 Å². The second-order valence-electron chi connectivity index (χ2n) is 10.7. The van der Waals surface area contributed by atoms with Crippen molar-refractivity contribution in [3.63, 3.8) is 0 Å². The van der Waals surface area contributed by atoms with Crippen LogP contribution in [0.5, 0.6) is 0 Å². The third kappa shape index (κ3) is 4.75. The monoisotopic (exact) mass is 598 g/mol. The molecule has 4 heteroatoms. The quantitative estimate of drug-likeness (QED) is 0.190. The molecule has 0 unspecified atom stereocenters. The van der Waals surface area contributed by atoms with Crippen molar-refractivity contribution in [3.8, 4) is 67.0 Å². The van der Waals surface area contributed by atoms with Gasteiger partial charge in [0.05, 0.1) is 22.4 Å². The van der Waals surface area contributed by atoms with Crippen molar-refractivity contribution in [3.05, 3.63) is 155 Å². The van der Waals surface area contributed by atoms with Gasteiger partial charge in [0.25, 0.3) is 0 Å². The van der Waals surface area contributed by atoms with Crippen LogP contribution in [0.3, 0.4) is 0 Å². The van der Waals surface area contributed by atoms with E-state index < -0.39 is 0 Å². The lowest BCUT2D eigenvalue weighted by Gasteiger charge is -2.24. The molecule has 0 aliphatic carbocycles. The molecular weight excluding hydrogens is 573 g/mol. The first-order valence-electron chi connectivity index (χ1n) is 14.5. The van der Waals surface area contributed by atoms with Crippen molar-refractivity contribution >= 4 is 33.4 Å². The zero-order valence-corrected chi connectivity index (χ0v) is 25.4. The van der Waals surface area contributed by atoms with E-state index in [4.69, 9.17) is 0 Å². The zero-order chi connectivity index (χ0) is 29.3. The number of benzene rings is 6. The fraction of sp³-hybridized carbons (Fsp3) is 0. The summed E-state index contributed by atoms with van der Waals surface area (Å²) in [5.41, 5.74) is 17.6. The van der Waals surface area contributed by atoms with Gasteiger partial charge in [-0.15, -0.1) is 22.7 Å². The van der Waals surface area contributed by atoms with Crippen LogP contribution in [0.1, 0.15) is 0 Å². The summed E-state index contributed by atoms with van der Waals surface area (Å²) in [5.74, 6) is 0. The predicted molar refractivity (Wildman–Crippen MR) is 188 cm³/mol. The van der Waals surface area contributed by atoms with Gasteiger partial charge in [-0.2, -0.15) is 0 Å². The third-order valence-electron chi connectivity index (χ3n) is 8.10. The Kier molecular flexibility index (Phi) is 6.91. The number of rotatable bonds is 6. The Morgan fingerprint density at radius 3 is 1.14 bits per heavy atom. The maximum absolute atomic E-state index is 4.63. The number of fused-ring (bicyclic) bond motifs is 1. The molecule has 0 fully saturated rings. The zero-order valence-electron chi connectivity index (χ0n) is 23.7. The fourth-order valence-electron chi connectivity index (χ4n) is 6.20. The van der Waals surface area contributed by atoms with E-state index in [9.17, 15) is 0 Å². The van der Waals surface area contributed by atoms with Crippen molar-refractivity contribution in [1.29, 1.82) is 0 Å². The van der Waals surface area contributed by atoms with Gasteiger partial charge in [-0.3, -0.25) is 0 Å². The van der Waals surface area contributed by atoms with Crippen LogP contribution in [0, 0.1) is 0 Å². The molecule has 6 aromatic carbocycles. The average molecular weight is 599 g/mol. The van der Waals surface area contributed by atoms with E-state index in [-0.39, 0.29) is 0 Å². The van der Waals surface area contributed by atoms with Crippen molar-refractivity contribution in [1.82, 2.24) is 9.97 Å². The van der Waals surface area contributed by atoms with Crippen LogP contribution in [0.15, 0.2) is 155 Å². The van der Waals surface area contributed by atoms with Gasteiger partial charge < -0.3 is 0 Å². The minimum atomic E-state index is 1.00. The molecule has 0 N–H and O–H groups in total. The maximum Gasteiger partial charge on any atom is 0.0811 e. The van der Waals surface area contributed by atoms with Crippen LogP contribution < -0.4 is 0 Å². The van der Waals surface area contributed by atoms with Gasteiger partial charge >= 0.3 is 0 Å². The molecular formula is C40H26N2S2. The Labute approximate surface area is 264 Å². The first-order valence-corrected chi connectivity index (χ1v) is 16.4. The second-order valence-corrected chi connectivity index (χ2v) is 12.1. The summed E-state index contributed by atoms with van der Waals surface area (Å²) >= 11 is 3.25. The molecule has 0 atom stereocenters. The summed E-state index contributed by atoms with van der Waals surface area (Å²) < 4.78 is 0. The van der Waals surface area contributed by atoms with Gasteiger partial charge in [0.1, 0.15) is 0 Å². The van der Waals surface area contributed by atoms with E-state index in [1.54, 1.807) is 22.7 Å². The van der Waals surface area contributed by atoms with E-state index in [0.717, 1.165) is 22.5 Å². The van der Waals surface area contributed by atoms with E-state index in [2.05, 4.69) is 154 Å². The summed E-state index contributed by atoms with van der Waals surface area (Å²) in [5, 5.41) is 6.66. The molecule has 0 bridgehead atoms. The van der Waals surface area contributed by atoms with E-state index in [0.29, 0.717) is 0 Å². The van der Waals surface area contributed by atoms with Crippen LogP contribution in [0.25, 0.3) is 77.8 Å². The standard InChI is InChI=1S/C40H26N2S2/c1-3-11-27(12-4-1)39-37(31-17-9-15-29(21-31)35-23-43-25-41-35)33-19-7-8-20-34(33)38(40(39)28-13-5-2-6-14-28)32-18-10-16-30(22-32)36-24-44-26-42-36/h1-26H. The lowest BCUT2D eigenvalue weighted by molar-refractivity contribution is 1.41. The highest BCUT2D eigenvalue weighted by atomic mass is 32.1. The van der Waals surface area contributed by atoms with Crippen LogP contribution in [0.2, 0.25) is 0 Å². The summed E-state index contributed by atoms with van der Waals surface area (Å²) in [6, 6.07) is 48.2. The second kappa shape index (κ2) is 11.5. The minimum Gasteiger partial charge on any atom is -0.245 e. The Morgan fingerprint density at radius 1 is 0.341 bits per heavy atom. The Morgan fingerprint density at radius 2 is 0.727 bits per heavy atom. The first kappa shape index (κ1) is 26.5. The molecule has 8 rings (SSSR count). The summed E-state index contributed by atoms with van der Waals surface area (Å²) in [7, 11) is 0. The average Bonchev–Trinajstić information content (AvgIpc) is 3.84. The fourth-order valence-corrected chi connectivity index (χ4v) is 7.33. The van der Waals surface area contributed by atoms with Gasteiger partial charge in [-0.05, 0) is 67.4 Å². The topological polar surface area (TPSA) is 25.8 Å². The molecule has 44 heavy (non-hydrogen) atoms. The molecule has 0 amide bonds. The molecule has 2 aromatic heterocycles. The molecule has 0 aliphatic rings. The maximum atomic E-state index is 4.63. The molecule has 0 spiro atoms. The van der Waals surface area contributed by atoms with Crippen molar-refractivity contribution in [2.75, 3.05) is 0 Å². The third-order valence-corrected chi connectivity index (χ3v) is 9.27. The predicted octanol–water partition coefficient (Wildman–Crippen LogP) is 11.8. The van der Waals surface area contributed by atoms with Gasteiger partial charge in [0.15, 0.2) is 0 Å². The number of aromatic nitrogens is 2. The highest BCUT2D eigenvalue weighted by Crippen LogP contribution is 2.51. The number of hydrogen-bond acceptors (Lipinski definition) is 4. The van der Waals surface area contributed by atoms with Gasteiger partial charge in [-0.1, -0.05) is 121 Å². The Balaban J connectivity index is 1.54. The van der Waals surface area contributed by atoms with Crippen LogP contribution in [-0.4, -0.2) is 9.97 Å². The number of hydrogen-bond donors (Lipinski definition) is 0. The molecule has 0 aliphatic heterocycles. The highest BCUT2D eigenvalue weighted by molar-refractivity contribution is 7.08. The lowest BCUT2D eigenvalue weighted by atomic mass is 9.78. The van der Waals surface area contributed by atoms with Gasteiger partial charge in [0, 0.05) is 21.9 Å². The van der Waals surface area contributed by atoms with Gasteiger partial charge in [0.2, 0.25) is 0 Å². The van der Waals surface area contributed by atoms with E-state index in [1.165, 1.54) is 55.3 Å². The summed E-state index contributed by atoms with van der Waals surface area (Å²) in [6.07, 6.45) is 0. The van der Waals surface area contributed by atoms with Crippen LogP contribution >= 0.6 is 22.7 Å². The molecule has 208 valence electrons. The van der Waals surface area contributed by atoms with Crippen LogP contribution in [0.4, 0.5) is 0 Å². The molecule has 0 saturated carbocycles. The van der Waals surface area contributed by atoms with Crippen molar-refractivity contribution < 1.29 is 0 Å². The molecule has 8 aromatic rings. The molecule has 0 radical (unpaired) electrons. The molecule has 2 nitrogen and oxygen atoms in total. The lowest BCUT2D eigenvalue weighted by Crippen LogP contribution is -1.97. The Bertz CT molecular complexity index is 2040. The number of nitrogens with zero attached hydrogens (tertiary/aromatic N) is 2. The minimum absolute atomic E-state index is 1.00. The summed E-state index contributed by atoms with van der Waals surface area (Å²) in [4.78, 5) is 9.25. The van der Waals surface area contributed by atoms with E-state index in [1.807, 2.05) is 11.0 Å². The van der Waals surface area contributed by atoms with Crippen molar-refractivity contribution in [2.24, 2.45) is 0 Å². The number of thiazole rings is 2. The normalized spacial score (nSPS) is 11.2. The molecule has 0 saturated heterocycles. The molecule has 2 heterocycles. The largest absolute Gasteiger partial charge is 0.245 e.